The first kappa shape index (κ1) is 15.1. The third kappa shape index (κ3) is 4.66. The second-order valence-corrected chi connectivity index (χ2v) is 5.96. The van der Waals surface area contributed by atoms with E-state index in [9.17, 15) is 0 Å². The fourth-order valence-electron chi connectivity index (χ4n) is 2.38. The average molecular weight is 289 g/mol. The van der Waals surface area contributed by atoms with Crippen molar-refractivity contribution in [3.05, 3.63) is 52.2 Å². The summed E-state index contributed by atoms with van der Waals surface area (Å²) in [6, 6.07) is 13.3. The van der Waals surface area contributed by atoms with E-state index in [0.29, 0.717) is 6.04 Å². The summed E-state index contributed by atoms with van der Waals surface area (Å²) in [7, 11) is 1.71. The van der Waals surface area contributed by atoms with Gasteiger partial charge in [-0.05, 0) is 54.9 Å². The second kappa shape index (κ2) is 8.08. The lowest BCUT2D eigenvalue weighted by Gasteiger charge is -2.17. The molecule has 108 valence electrons. The lowest BCUT2D eigenvalue weighted by atomic mass is 10.0. The maximum atomic E-state index is 5.20. The highest BCUT2D eigenvalue weighted by Crippen LogP contribution is 2.16. The Morgan fingerprint density at radius 1 is 1.20 bits per heavy atom. The number of nitrogens with one attached hydrogen (secondary N) is 1. The SMILES string of the molecule is CCNC(CCc1cccs1)Cc1ccc(OC)cc1. The number of aryl methyl sites for hydroxylation is 1. The van der Waals surface area contributed by atoms with Crippen LogP contribution in [0.3, 0.4) is 0 Å². The van der Waals surface area contributed by atoms with Gasteiger partial charge in [0.2, 0.25) is 0 Å². The summed E-state index contributed by atoms with van der Waals surface area (Å²) in [6.07, 6.45) is 3.41. The van der Waals surface area contributed by atoms with Crippen LogP contribution in [0.4, 0.5) is 0 Å². The molecule has 1 heterocycles. The standard InChI is InChI=1S/C17H23NOS/c1-3-18-15(8-11-17-5-4-12-20-17)13-14-6-9-16(19-2)10-7-14/h4-7,9-10,12,15,18H,3,8,11,13H2,1-2H3. The normalized spacial score (nSPS) is 12.3. The smallest absolute Gasteiger partial charge is 0.118 e. The van der Waals surface area contributed by atoms with Gasteiger partial charge in [-0.1, -0.05) is 25.1 Å². The predicted molar refractivity (Wildman–Crippen MR) is 86.8 cm³/mol. The van der Waals surface area contributed by atoms with E-state index in [0.717, 1.165) is 25.1 Å². The molecular weight excluding hydrogens is 266 g/mol. The van der Waals surface area contributed by atoms with E-state index in [1.54, 1.807) is 7.11 Å². The molecule has 0 saturated carbocycles. The maximum absolute atomic E-state index is 5.20. The molecule has 0 aliphatic carbocycles. The zero-order chi connectivity index (χ0) is 14.2. The summed E-state index contributed by atoms with van der Waals surface area (Å²) in [4.78, 5) is 1.47. The van der Waals surface area contributed by atoms with Crippen molar-refractivity contribution in [2.45, 2.75) is 32.2 Å². The topological polar surface area (TPSA) is 21.3 Å². The molecule has 2 aromatic rings. The van der Waals surface area contributed by atoms with E-state index in [4.69, 9.17) is 4.74 Å². The van der Waals surface area contributed by atoms with E-state index >= 15 is 0 Å². The van der Waals surface area contributed by atoms with Crippen molar-refractivity contribution < 1.29 is 4.74 Å². The van der Waals surface area contributed by atoms with Crippen LogP contribution in [0, 0.1) is 0 Å². The minimum atomic E-state index is 0.537. The number of thiophene rings is 1. The molecule has 0 fully saturated rings. The zero-order valence-electron chi connectivity index (χ0n) is 12.3. The van der Waals surface area contributed by atoms with Gasteiger partial charge in [-0.15, -0.1) is 11.3 Å². The Balaban J connectivity index is 1.90. The van der Waals surface area contributed by atoms with Crippen molar-refractivity contribution in [2.75, 3.05) is 13.7 Å². The summed E-state index contributed by atoms with van der Waals surface area (Å²) in [5.74, 6) is 0.923. The fraction of sp³-hybridized carbons (Fsp3) is 0.412. The summed E-state index contributed by atoms with van der Waals surface area (Å²) in [6.45, 7) is 3.19. The number of rotatable bonds is 8. The van der Waals surface area contributed by atoms with E-state index in [1.807, 2.05) is 23.5 Å². The molecule has 3 heteroatoms. The molecule has 1 N–H and O–H groups in total. The highest BCUT2D eigenvalue weighted by atomic mass is 32.1. The van der Waals surface area contributed by atoms with Crippen molar-refractivity contribution in [1.82, 2.24) is 5.32 Å². The van der Waals surface area contributed by atoms with Crippen LogP contribution in [0.2, 0.25) is 0 Å². The molecule has 1 unspecified atom stereocenters. The summed E-state index contributed by atoms with van der Waals surface area (Å²) >= 11 is 1.85. The third-order valence-electron chi connectivity index (χ3n) is 3.45. The largest absolute Gasteiger partial charge is 0.497 e. The van der Waals surface area contributed by atoms with Gasteiger partial charge in [0.15, 0.2) is 0 Å². The van der Waals surface area contributed by atoms with Gasteiger partial charge >= 0.3 is 0 Å². The van der Waals surface area contributed by atoms with Gasteiger partial charge in [0.05, 0.1) is 7.11 Å². The van der Waals surface area contributed by atoms with Crippen molar-refractivity contribution in [2.24, 2.45) is 0 Å². The van der Waals surface area contributed by atoms with Crippen molar-refractivity contribution >= 4 is 11.3 Å². The Morgan fingerprint density at radius 3 is 2.60 bits per heavy atom. The molecule has 0 bridgehead atoms. The molecule has 0 spiro atoms. The van der Waals surface area contributed by atoms with Crippen molar-refractivity contribution in [3.8, 4) is 5.75 Å². The Labute approximate surface area is 125 Å². The van der Waals surface area contributed by atoms with E-state index in [2.05, 4.69) is 41.9 Å². The fourth-order valence-corrected chi connectivity index (χ4v) is 3.11. The van der Waals surface area contributed by atoms with Crippen LogP contribution >= 0.6 is 11.3 Å². The highest BCUT2D eigenvalue weighted by Gasteiger charge is 2.09. The van der Waals surface area contributed by atoms with Crippen LogP contribution in [0.25, 0.3) is 0 Å². The summed E-state index contributed by atoms with van der Waals surface area (Å²) in [5, 5.41) is 5.75. The molecule has 0 amide bonds. The van der Waals surface area contributed by atoms with E-state index in [-0.39, 0.29) is 0 Å². The van der Waals surface area contributed by atoms with Crippen LogP contribution in [0.15, 0.2) is 41.8 Å². The molecule has 1 aromatic heterocycles. The van der Waals surface area contributed by atoms with Crippen LogP contribution in [-0.4, -0.2) is 19.7 Å². The first-order chi connectivity index (χ1) is 9.81. The van der Waals surface area contributed by atoms with Crippen LogP contribution < -0.4 is 10.1 Å². The minimum absolute atomic E-state index is 0.537. The molecule has 20 heavy (non-hydrogen) atoms. The van der Waals surface area contributed by atoms with E-state index < -0.39 is 0 Å². The van der Waals surface area contributed by atoms with Gasteiger partial charge in [0, 0.05) is 10.9 Å². The van der Waals surface area contributed by atoms with Crippen LogP contribution in [0.1, 0.15) is 23.8 Å². The molecular formula is C17H23NOS. The minimum Gasteiger partial charge on any atom is -0.497 e. The maximum Gasteiger partial charge on any atom is 0.118 e. The number of hydrogen-bond acceptors (Lipinski definition) is 3. The molecule has 2 rings (SSSR count). The first-order valence-electron chi connectivity index (χ1n) is 7.20. The van der Waals surface area contributed by atoms with Gasteiger partial charge in [-0.2, -0.15) is 0 Å². The molecule has 0 aliphatic rings. The Kier molecular flexibility index (Phi) is 6.09. The Morgan fingerprint density at radius 2 is 2.00 bits per heavy atom. The van der Waals surface area contributed by atoms with Crippen molar-refractivity contribution in [1.29, 1.82) is 0 Å². The number of hydrogen-bond donors (Lipinski definition) is 1. The monoisotopic (exact) mass is 289 g/mol. The van der Waals surface area contributed by atoms with Crippen LogP contribution in [-0.2, 0) is 12.8 Å². The molecule has 0 aliphatic heterocycles. The zero-order valence-corrected chi connectivity index (χ0v) is 13.1. The molecule has 0 saturated heterocycles. The van der Waals surface area contributed by atoms with Gasteiger partial charge in [-0.3, -0.25) is 0 Å². The van der Waals surface area contributed by atoms with Gasteiger partial charge in [0.1, 0.15) is 5.75 Å². The molecule has 0 radical (unpaired) electrons. The Hall–Kier alpha value is -1.32. The first-order valence-corrected chi connectivity index (χ1v) is 8.08. The number of benzene rings is 1. The number of ether oxygens (including phenoxy) is 1. The summed E-state index contributed by atoms with van der Waals surface area (Å²) < 4.78 is 5.20. The summed E-state index contributed by atoms with van der Waals surface area (Å²) in [5.41, 5.74) is 1.36. The number of likely N-dealkylation sites (N-methyl/N-ethyl adjacent to an activating group) is 1. The van der Waals surface area contributed by atoms with Gasteiger partial charge in [0.25, 0.3) is 0 Å². The average Bonchev–Trinajstić information content (AvgIpc) is 2.99. The van der Waals surface area contributed by atoms with Crippen molar-refractivity contribution in [3.63, 3.8) is 0 Å². The Bertz CT molecular complexity index is 478. The predicted octanol–water partition coefficient (Wildman–Crippen LogP) is 3.91. The second-order valence-electron chi connectivity index (χ2n) is 4.92. The quantitative estimate of drug-likeness (QED) is 0.795. The van der Waals surface area contributed by atoms with Gasteiger partial charge < -0.3 is 10.1 Å². The van der Waals surface area contributed by atoms with E-state index in [1.165, 1.54) is 16.9 Å². The molecule has 1 aromatic carbocycles. The highest BCUT2D eigenvalue weighted by molar-refractivity contribution is 7.09. The number of methoxy groups -OCH3 is 1. The lowest BCUT2D eigenvalue weighted by Crippen LogP contribution is -2.31. The lowest BCUT2D eigenvalue weighted by molar-refractivity contribution is 0.414. The van der Waals surface area contributed by atoms with Crippen LogP contribution in [0.5, 0.6) is 5.75 Å². The molecule has 1 atom stereocenters. The van der Waals surface area contributed by atoms with Gasteiger partial charge in [-0.25, -0.2) is 0 Å². The molecule has 2 nitrogen and oxygen atoms in total. The third-order valence-corrected chi connectivity index (χ3v) is 4.39.